The molecule has 3 rings (SSSR count). The van der Waals surface area contributed by atoms with Gasteiger partial charge in [-0.3, -0.25) is 24.5 Å². The fourth-order valence-corrected chi connectivity index (χ4v) is 2.96. The van der Waals surface area contributed by atoms with Gasteiger partial charge in [0.25, 0.3) is 5.69 Å². The van der Waals surface area contributed by atoms with Crippen LogP contribution in [0.3, 0.4) is 0 Å². The molecule has 9 nitrogen and oxygen atoms in total. The van der Waals surface area contributed by atoms with E-state index < -0.39 is 16.8 Å². The average molecular weight is 384 g/mol. The number of esters is 1. The molecular weight excluding hydrogens is 368 g/mol. The van der Waals surface area contributed by atoms with E-state index in [2.05, 4.69) is 0 Å². The number of benzene rings is 2. The quantitative estimate of drug-likeness (QED) is 0.247. The lowest BCUT2D eigenvalue weighted by atomic mass is 10.1. The number of non-ortho nitro benzene ring substituents is 1. The van der Waals surface area contributed by atoms with Crippen LogP contribution in [0.2, 0.25) is 0 Å². The molecule has 28 heavy (non-hydrogen) atoms. The number of hydrogen-bond acceptors (Lipinski definition) is 7. The molecule has 9 heteroatoms. The van der Waals surface area contributed by atoms with Crippen LogP contribution in [0.25, 0.3) is 0 Å². The van der Waals surface area contributed by atoms with E-state index in [0.717, 1.165) is 0 Å². The number of anilines is 1. The average Bonchev–Trinajstić information content (AvgIpc) is 3.09. The molecule has 0 radical (unpaired) electrons. The molecule has 1 amide bonds. The van der Waals surface area contributed by atoms with Gasteiger partial charge in [0, 0.05) is 19.0 Å². The van der Waals surface area contributed by atoms with Crippen molar-refractivity contribution in [2.75, 3.05) is 18.6 Å². The Bertz CT molecular complexity index is 957. The molecule has 1 aliphatic heterocycles. The normalized spacial score (nSPS) is 16.0. The first-order valence-electron chi connectivity index (χ1n) is 8.33. The highest BCUT2D eigenvalue weighted by molar-refractivity contribution is 6.01. The molecule has 1 fully saturated rings. The molecule has 0 spiro atoms. The summed E-state index contributed by atoms with van der Waals surface area (Å²) in [5, 5.41) is 10.9. The molecule has 0 aliphatic carbocycles. The molecule has 1 saturated heterocycles. The maximum absolute atomic E-state index is 12.5. The molecule has 1 heterocycles. The molecule has 2 aromatic rings. The summed E-state index contributed by atoms with van der Waals surface area (Å²) >= 11 is 0. The van der Waals surface area contributed by atoms with Gasteiger partial charge in [0.05, 0.1) is 35.3 Å². The molecule has 0 unspecified atom stereocenters. The molecule has 1 aliphatic rings. The van der Waals surface area contributed by atoms with Crippen molar-refractivity contribution in [3.63, 3.8) is 0 Å². The Morgan fingerprint density at radius 1 is 1.25 bits per heavy atom. The predicted octanol–water partition coefficient (Wildman–Crippen LogP) is 2.37. The summed E-state index contributed by atoms with van der Waals surface area (Å²) in [5.41, 5.74) is 0.393. The van der Waals surface area contributed by atoms with Gasteiger partial charge in [-0.2, -0.15) is 0 Å². The molecule has 144 valence electrons. The first-order valence-corrected chi connectivity index (χ1v) is 8.33. The number of nitro groups is 1. The Labute approximate surface area is 159 Å². The molecule has 0 N–H and O–H groups in total. The fraction of sp³-hybridized carbons (Fsp3) is 0.211. The van der Waals surface area contributed by atoms with Crippen molar-refractivity contribution in [3.05, 3.63) is 58.1 Å². The summed E-state index contributed by atoms with van der Waals surface area (Å²) in [6, 6.07) is 10.2. The van der Waals surface area contributed by atoms with E-state index in [4.69, 9.17) is 9.47 Å². The number of amides is 1. The molecule has 2 aromatic carbocycles. The standard InChI is InChI=1S/C19H16N2O7/c1-27-17-9-14(21(25)26)6-7-15(17)20-10-13(8-18(20)23)19(24)28-16-5-3-2-4-12(16)11-22/h2-7,9,11,13H,8,10H2,1H3/t13-/m0/s1. The second-order valence-electron chi connectivity index (χ2n) is 6.10. The van der Waals surface area contributed by atoms with Crippen LogP contribution < -0.4 is 14.4 Å². The highest BCUT2D eigenvalue weighted by Crippen LogP contribution is 2.36. The van der Waals surface area contributed by atoms with Crippen LogP contribution in [0.1, 0.15) is 16.8 Å². The van der Waals surface area contributed by atoms with E-state index in [-0.39, 0.29) is 41.6 Å². The number of rotatable bonds is 6. The van der Waals surface area contributed by atoms with Crippen LogP contribution in [-0.4, -0.2) is 36.7 Å². The predicted molar refractivity (Wildman–Crippen MR) is 97.6 cm³/mol. The van der Waals surface area contributed by atoms with Crippen LogP contribution in [0.4, 0.5) is 11.4 Å². The number of nitrogens with zero attached hydrogens (tertiary/aromatic N) is 2. The zero-order valence-corrected chi connectivity index (χ0v) is 14.9. The van der Waals surface area contributed by atoms with Crippen LogP contribution in [-0.2, 0) is 9.59 Å². The van der Waals surface area contributed by atoms with Crippen molar-refractivity contribution >= 4 is 29.5 Å². The van der Waals surface area contributed by atoms with E-state index in [1.165, 1.54) is 42.3 Å². The second kappa shape index (κ2) is 7.87. The third kappa shape index (κ3) is 3.68. The third-order valence-corrected chi connectivity index (χ3v) is 4.38. The first-order chi connectivity index (χ1) is 13.4. The Kier molecular flexibility index (Phi) is 5.35. The van der Waals surface area contributed by atoms with E-state index in [0.29, 0.717) is 12.0 Å². The van der Waals surface area contributed by atoms with Gasteiger partial charge in [-0.25, -0.2) is 0 Å². The summed E-state index contributed by atoms with van der Waals surface area (Å²) < 4.78 is 10.5. The number of aldehydes is 1. The number of nitro benzene ring substituents is 1. The summed E-state index contributed by atoms with van der Waals surface area (Å²) in [6.07, 6.45) is 0.499. The minimum Gasteiger partial charge on any atom is -0.494 e. The maximum atomic E-state index is 12.5. The van der Waals surface area contributed by atoms with Crippen LogP contribution >= 0.6 is 0 Å². The highest BCUT2D eigenvalue weighted by atomic mass is 16.6. The van der Waals surface area contributed by atoms with E-state index in [9.17, 15) is 24.5 Å². The van der Waals surface area contributed by atoms with Crippen molar-refractivity contribution in [3.8, 4) is 11.5 Å². The topological polar surface area (TPSA) is 116 Å². The van der Waals surface area contributed by atoms with Crippen molar-refractivity contribution in [2.45, 2.75) is 6.42 Å². The molecule has 1 atom stereocenters. The van der Waals surface area contributed by atoms with Crippen molar-refractivity contribution in [1.29, 1.82) is 0 Å². The SMILES string of the molecule is COc1cc([N+](=O)[O-])ccc1N1C[C@@H](C(=O)Oc2ccccc2C=O)CC1=O. The highest BCUT2D eigenvalue weighted by Gasteiger charge is 2.38. The lowest BCUT2D eigenvalue weighted by molar-refractivity contribution is -0.384. The Hall–Kier alpha value is -3.75. The zero-order chi connectivity index (χ0) is 20.3. The second-order valence-corrected chi connectivity index (χ2v) is 6.10. The third-order valence-electron chi connectivity index (χ3n) is 4.38. The van der Waals surface area contributed by atoms with Gasteiger partial charge >= 0.3 is 5.97 Å². The smallest absolute Gasteiger partial charge is 0.316 e. The van der Waals surface area contributed by atoms with Crippen molar-refractivity contribution in [1.82, 2.24) is 0 Å². The van der Waals surface area contributed by atoms with Crippen molar-refractivity contribution < 1.29 is 28.8 Å². The van der Waals surface area contributed by atoms with Gasteiger partial charge in [0.15, 0.2) is 6.29 Å². The number of methoxy groups -OCH3 is 1. The van der Waals surface area contributed by atoms with Gasteiger partial charge in [-0.15, -0.1) is 0 Å². The van der Waals surface area contributed by atoms with E-state index in [1.807, 2.05) is 0 Å². The van der Waals surface area contributed by atoms with Gasteiger partial charge in [0.2, 0.25) is 5.91 Å². The van der Waals surface area contributed by atoms with Gasteiger partial charge < -0.3 is 14.4 Å². The summed E-state index contributed by atoms with van der Waals surface area (Å²) in [5.74, 6) is -1.43. The molecule has 0 aromatic heterocycles. The van der Waals surface area contributed by atoms with Crippen LogP contribution in [0.15, 0.2) is 42.5 Å². The Morgan fingerprint density at radius 2 is 2.00 bits per heavy atom. The minimum absolute atomic E-state index is 0.0368. The van der Waals surface area contributed by atoms with Crippen LogP contribution in [0.5, 0.6) is 11.5 Å². The first kappa shape index (κ1) is 19.0. The summed E-state index contributed by atoms with van der Waals surface area (Å²) in [4.78, 5) is 47.6. The zero-order valence-electron chi connectivity index (χ0n) is 14.9. The van der Waals surface area contributed by atoms with E-state index >= 15 is 0 Å². The monoisotopic (exact) mass is 384 g/mol. The lowest BCUT2D eigenvalue weighted by Crippen LogP contribution is -2.27. The van der Waals surface area contributed by atoms with Crippen molar-refractivity contribution in [2.24, 2.45) is 5.92 Å². The number of para-hydroxylation sites is 1. The minimum atomic E-state index is -0.743. The molecular formula is C19H16N2O7. The molecule has 0 bridgehead atoms. The molecule has 0 saturated carbocycles. The van der Waals surface area contributed by atoms with E-state index in [1.54, 1.807) is 12.1 Å². The number of carbonyl (C=O) groups is 3. The summed E-state index contributed by atoms with van der Waals surface area (Å²) in [7, 11) is 1.34. The lowest BCUT2D eigenvalue weighted by Gasteiger charge is -2.19. The number of ether oxygens (including phenoxy) is 2. The van der Waals surface area contributed by atoms with Gasteiger partial charge in [-0.1, -0.05) is 12.1 Å². The van der Waals surface area contributed by atoms with Gasteiger partial charge in [0.1, 0.15) is 11.5 Å². The van der Waals surface area contributed by atoms with Crippen LogP contribution in [0, 0.1) is 16.0 Å². The summed E-state index contributed by atoms with van der Waals surface area (Å²) in [6.45, 7) is 0.0368. The van der Waals surface area contributed by atoms with Gasteiger partial charge in [-0.05, 0) is 18.2 Å². The maximum Gasteiger partial charge on any atom is 0.316 e. The fourth-order valence-electron chi connectivity index (χ4n) is 2.96. The largest absolute Gasteiger partial charge is 0.494 e. The Morgan fingerprint density at radius 3 is 2.68 bits per heavy atom. The number of carbonyl (C=O) groups excluding carboxylic acids is 3. The number of hydrogen-bond donors (Lipinski definition) is 0. The Balaban J connectivity index is 1.79.